The van der Waals surface area contributed by atoms with Crippen LogP contribution in [0.4, 0.5) is 0 Å². The van der Waals surface area contributed by atoms with Gasteiger partial charge >= 0.3 is 0 Å². The zero-order chi connectivity index (χ0) is 11.2. The van der Waals surface area contributed by atoms with Gasteiger partial charge in [0.05, 0.1) is 23.3 Å². The maximum atomic E-state index is 4.17. The lowest BCUT2D eigenvalue weighted by molar-refractivity contribution is 0.954. The van der Waals surface area contributed by atoms with Gasteiger partial charge in [-0.25, -0.2) is 15.4 Å². The van der Waals surface area contributed by atoms with Crippen LogP contribution >= 0.6 is 15.9 Å². The molecule has 1 atom stereocenters. The predicted molar refractivity (Wildman–Crippen MR) is 68.5 cm³/mol. The van der Waals surface area contributed by atoms with Crippen LogP contribution < -0.4 is 5.43 Å². The number of pyridine rings is 1. The van der Waals surface area contributed by atoms with Crippen molar-refractivity contribution in [2.45, 2.75) is 4.83 Å². The SMILES string of the molecule is BrC1C=NC(N/N=C/c2ccccn2)=NC1. The van der Waals surface area contributed by atoms with Crippen LogP contribution in [0.2, 0.25) is 0 Å². The Hall–Kier alpha value is -1.56. The van der Waals surface area contributed by atoms with Crippen molar-refractivity contribution in [2.75, 3.05) is 6.54 Å². The predicted octanol–water partition coefficient (Wildman–Crippen LogP) is 1.21. The Morgan fingerprint density at radius 1 is 1.50 bits per heavy atom. The van der Waals surface area contributed by atoms with Crippen molar-refractivity contribution in [3.63, 3.8) is 0 Å². The lowest BCUT2D eigenvalue weighted by Gasteiger charge is -2.07. The normalized spacial score (nSPS) is 19.8. The zero-order valence-electron chi connectivity index (χ0n) is 8.42. The Morgan fingerprint density at radius 2 is 2.44 bits per heavy atom. The second-order valence-electron chi connectivity index (χ2n) is 3.08. The van der Waals surface area contributed by atoms with E-state index >= 15 is 0 Å². The third-order valence-electron chi connectivity index (χ3n) is 1.82. The fourth-order valence-corrected chi connectivity index (χ4v) is 1.35. The second kappa shape index (κ2) is 5.50. The van der Waals surface area contributed by atoms with E-state index in [1.807, 2.05) is 18.2 Å². The van der Waals surface area contributed by atoms with Crippen molar-refractivity contribution in [3.05, 3.63) is 30.1 Å². The van der Waals surface area contributed by atoms with Gasteiger partial charge in [0.1, 0.15) is 0 Å². The molecule has 1 N–H and O–H groups in total. The van der Waals surface area contributed by atoms with Crippen LogP contribution in [0.5, 0.6) is 0 Å². The lowest BCUT2D eigenvalue weighted by atomic mass is 10.4. The fourth-order valence-electron chi connectivity index (χ4n) is 1.09. The number of hydrazone groups is 1. The molecule has 0 aromatic carbocycles. The molecule has 0 amide bonds. The molecule has 0 saturated carbocycles. The molecule has 5 nitrogen and oxygen atoms in total. The van der Waals surface area contributed by atoms with E-state index in [1.54, 1.807) is 18.6 Å². The summed E-state index contributed by atoms with van der Waals surface area (Å²) < 4.78 is 0. The summed E-state index contributed by atoms with van der Waals surface area (Å²) in [5.41, 5.74) is 3.54. The lowest BCUT2D eigenvalue weighted by Crippen LogP contribution is -2.23. The highest BCUT2D eigenvalue weighted by molar-refractivity contribution is 9.10. The van der Waals surface area contributed by atoms with Crippen molar-refractivity contribution in [1.29, 1.82) is 0 Å². The van der Waals surface area contributed by atoms with Gasteiger partial charge in [0.15, 0.2) is 0 Å². The largest absolute Gasteiger partial charge is 0.255 e. The average Bonchev–Trinajstić information content (AvgIpc) is 2.33. The molecule has 0 spiro atoms. The van der Waals surface area contributed by atoms with Crippen LogP contribution in [0.25, 0.3) is 0 Å². The smallest absolute Gasteiger partial charge is 0.238 e. The van der Waals surface area contributed by atoms with Crippen LogP contribution in [0.1, 0.15) is 5.69 Å². The highest BCUT2D eigenvalue weighted by Gasteiger charge is 2.05. The number of hydrogen-bond acceptors (Lipinski definition) is 5. The van der Waals surface area contributed by atoms with Gasteiger partial charge in [0.25, 0.3) is 0 Å². The molecule has 16 heavy (non-hydrogen) atoms. The molecule has 0 saturated heterocycles. The number of halogens is 1. The minimum atomic E-state index is 0.220. The molecule has 82 valence electrons. The number of nitrogens with zero attached hydrogens (tertiary/aromatic N) is 4. The Morgan fingerprint density at radius 3 is 3.12 bits per heavy atom. The van der Waals surface area contributed by atoms with E-state index in [0.29, 0.717) is 12.5 Å². The van der Waals surface area contributed by atoms with E-state index in [2.05, 4.69) is 41.4 Å². The summed E-state index contributed by atoms with van der Waals surface area (Å²) in [4.78, 5) is 12.6. The summed E-state index contributed by atoms with van der Waals surface area (Å²) >= 11 is 3.39. The highest BCUT2D eigenvalue weighted by atomic mass is 79.9. The number of guanidine groups is 1. The van der Waals surface area contributed by atoms with E-state index < -0.39 is 0 Å². The standard InChI is InChI=1S/C10H10BrN5/c11-8-5-13-10(14-6-8)16-15-7-9-3-1-2-4-12-9/h1-5,7-8H,6H2,(H,14,16)/b15-7+. The molecule has 2 heterocycles. The molecule has 1 aliphatic rings. The third kappa shape index (κ3) is 3.23. The molecule has 6 heteroatoms. The molecule has 0 radical (unpaired) electrons. The van der Waals surface area contributed by atoms with E-state index in [9.17, 15) is 0 Å². The van der Waals surface area contributed by atoms with E-state index in [0.717, 1.165) is 5.69 Å². The van der Waals surface area contributed by atoms with Crippen LogP contribution in [-0.4, -0.2) is 34.7 Å². The second-order valence-corrected chi connectivity index (χ2v) is 4.26. The minimum absolute atomic E-state index is 0.220. The number of aromatic nitrogens is 1. The van der Waals surface area contributed by atoms with Gasteiger partial charge < -0.3 is 0 Å². The first-order valence-corrected chi connectivity index (χ1v) is 5.69. The van der Waals surface area contributed by atoms with Gasteiger partial charge in [0.2, 0.25) is 5.96 Å². The molecule has 0 bridgehead atoms. The number of nitrogens with one attached hydrogen (secondary N) is 1. The quantitative estimate of drug-likeness (QED) is 0.503. The fraction of sp³-hybridized carbons (Fsp3) is 0.200. The van der Waals surface area contributed by atoms with Crippen LogP contribution in [0, 0.1) is 0 Å². The summed E-state index contributed by atoms with van der Waals surface area (Å²) in [6.07, 6.45) is 5.12. The molecular formula is C10H10BrN5. The van der Waals surface area contributed by atoms with Gasteiger partial charge in [-0.3, -0.25) is 4.98 Å². The molecule has 2 rings (SSSR count). The Bertz CT molecular complexity index is 426. The first-order valence-electron chi connectivity index (χ1n) is 4.77. The number of rotatable bonds is 2. The summed E-state index contributed by atoms with van der Waals surface area (Å²) in [5.74, 6) is 0.517. The van der Waals surface area contributed by atoms with E-state index in [1.165, 1.54) is 0 Å². The van der Waals surface area contributed by atoms with Crippen LogP contribution in [0.15, 0.2) is 39.5 Å². The van der Waals surface area contributed by atoms with Gasteiger partial charge in [-0.15, -0.1) is 0 Å². The molecular weight excluding hydrogens is 270 g/mol. The molecule has 0 aliphatic carbocycles. The van der Waals surface area contributed by atoms with Crippen molar-refractivity contribution in [2.24, 2.45) is 15.1 Å². The van der Waals surface area contributed by atoms with Gasteiger partial charge in [-0.05, 0) is 12.1 Å². The zero-order valence-corrected chi connectivity index (χ0v) is 10.0. The van der Waals surface area contributed by atoms with Gasteiger partial charge in [-0.2, -0.15) is 5.10 Å². The summed E-state index contributed by atoms with van der Waals surface area (Å²) in [6, 6.07) is 5.63. The maximum absolute atomic E-state index is 4.17. The van der Waals surface area contributed by atoms with Crippen LogP contribution in [0.3, 0.4) is 0 Å². The van der Waals surface area contributed by atoms with Crippen molar-refractivity contribution < 1.29 is 0 Å². The van der Waals surface area contributed by atoms with Crippen molar-refractivity contribution in [1.82, 2.24) is 10.4 Å². The van der Waals surface area contributed by atoms with Crippen LogP contribution in [-0.2, 0) is 0 Å². The molecule has 1 aliphatic heterocycles. The molecule has 1 aromatic rings. The van der Waals surface area contributed by atoms with E-state index in [4.69, 9.17) is 0 Å². The number of alkyl halides is 1. The summed E-state index contributed by atoms with van der Waals surface area (Å²) in [6.45, 7) is 0.672. The third-order valence-corrected chi connectivity index (χ3v) is 2.35. The number of aliphatic imine (C=N–C) groups is 2. The summed E-state index contributed by atoms with van der Waals surface area (Å²) in [5, 5.41) is 3.99. The van der Waals surface area contributed by atoms with Crippen molar-refractivity contribution >= 4 is 34.3 Å². The average molecular weight is 280 g/mol. The minimum Gasteiger partial charge on any atom is -0.255 e. The summed E-state index contributed by atoms with van der Waals surface area (Å²) in [7, 11) is 0. The van der Waals surface area contributed by atoms with Gasteiger partial charge in [-0.1, -0.05) is 22.0 Å². The highest BCUT2D eigenvalue weighted by Crippen LogP contribution is 2.01. The van der Waals surface area contributed by atoms with Gasteiger partial charge in [0, 0.05) is 12.4 Å². The van der Waals surface area contributed by atoms with Crippen molar-refractivity contribution in [3.8, 4) is 0 Å². The molecule has 1 aromatic heterocycles. The Balaban J connectivity index is 1.89. The Labute approximate surface area is 102 Å². The maximum Gasteiger partial charge on any atom is 0.238 e. The first kappa shape index (κ1) is 10.9. The first-order chi connectivity index (χ1) is 7.84. The monoisotopic (exact) mass is 279 g/mol. The van der Waals surface area contributed by atoms with E-state index in [-0.39, 0.29) is 4.83 Å². The number of hydrogen-bond donors (Lipinski definition) is 1. The molecule has 0 fully saturated rings. The topological polar surface area (TPSA) is 62.0 Å². The molecule has 1 unspecified atom stereocenters. The Kier molecular flexibility index (Phi) is 3.76.